The molecule has 0 fully saturated rings. The Morgan fingerprint density at radius 3 is 2.32 bits per heavy atom. The Balaban J connectivity index is 1.76. The highest BCUT2D eigenvalue weighted by Crippen LogP contribution is 2.27. The summed E-state index contributed by atoms with van der Waals surface area (Å²) in [7, 11) is 3.08. The van der Waals surface area contributed by atoms with E-state index in [4.69, 9.17) is 14.5 Å². The lowest BCUT2D eigenvalue weighted by Gasteiger charge is -2.31. The van der Waals surface area contributed by atoms with Crippen LogP contribution in [0.1, 0.15) is 43.9 Å². The first-order valence-corrected chi connectivity index (χ1v) is 11.5. The quantitative estimate of drug-likeness (QED) is 0.493. The molecule has 0 aliphatic carbocycles. The Morgan fingerprint density at radius 2 is 1.68 bits per heavy atom. The Hall–Kier alpha value is -3.55. The minimum atomic E-state index is -0.217. The van der Waals surface area contributed by atoms with Gasteiger partial charge in [0.05, 0.1) is 25.3 Å². The molecule has 0 saturated heterocycles. The molecule has 1 N–H and O–H groups in total. The molecule has 0 spiro atoms. The monoisotopic (exact) mass is 466 g/mol. The molecule has 0 saturated carbocycles. The fraction of sp³-hybridized carbons (Fsp3) is 0.423. The number of carbonyl (C=O) groups is 2. The summed E-state index contributed by atoms with van der Waals surface area (Å²) in [5, 5.41) is 2.94. The molecule has 8 heteroatoms. The molecule has 0 radical (unpaired) electrons. The molecule has 0 atom stereocenters. The average Bonchev–Trinajstić information content (AvgIpc) is 3.15. The number of ether oxygens (including phenoxy) is 2. The SMILES string of the molecule is COc1ccc(C(=O)NCCc2nc3ccccc3n2CC(=O)N(C(C)C)C(C)C)cc1OC. The second kappa shape index (κ2) is 11.0. The minimum Gasteiger partial charge on any atom is -0.493 e. The van der Waals surface area contributed by atoms with Gasteiger partial charge in [0.1, 0.15) is 12.4 Å². The van der Waals surface area contributed by atoms with E-state index in [2.05, 4.69) is 5.32 Å². The van der Waals surface area contributed by atoms with Crippen LogP contribution in [-0.4, -0.2) is 59.1 Å². The number of amides is 2. The van der Waals surface area contributed by atoms with Gasteiger partial charge in [-0.1, -0.05) is 12.1 Å². The normalized spacial score (nSPS) is 11.2. The number of hydrogen-bond acceptors (Lipinski definition) is 5. The third kappa shape index (κ3) is 5.50. The van der Waals surface area contributed by atoms with Gasteiger partial charge in [-0.2, -0.15) is 0 Å². The number of nitrogens with one attached hydrogen (secondary N) is 1. The molecule has 2 amide bonds. The maximum absolute atomic E-state index is 13.2. The average molecular weight is 467 g/mol. The van der Waals surface area contributed by atoms with Gasteiger partial charge in [0.25, 0.3) is 5.91 Å². The molecule has 3 aromatic rings. The van der Waals surface area contributed by atoms with Crippen molar-refractivity contribution in [3.05, 3.63) is 53.9 Å². The topological polar surface area (TPSA) is 85.7 Å². The third-order valence-corrected chi connectivity index (χ3v) is 5.71. The standard InChI is InChI=1S/C26H34N4O4/c1-17(2)30(18(3)4)25(31)16-29-21-10-8-7-9-20(21)28-24(29)13-14-27-26(32)19-11-12-22(33-5)23(15-19)34-6/h7-12,15,17-18H,13-14,16H2,1-6H3,(H,27,32). The van der Waals surface area contributed by atoms with E-state index in [-0.39, 0.29) is 30.4 Å². The Bertz CT molecular complexity index is 1140. The van der Waals surface area contributed by atoms with Crippen LogP contribution in [0.4, 0.5) is 0 Å². The summed E-state index contributed by atoms with van der Waals surface area (Å²) < 4.78 is 12.5. The van der Waals surface area contributed by atoms with Crippen molar-refractivity contribution in [1.82, 2.24) is 19.8 Å². The molecule has 182 valence electrons. The van der Waals surface area contributed by atoms with Gasteiger partial charge in [-0.3, -0.25) is 9.59 Å². The molecule has 1 aromatic heterocycles. The first-order chi connectivity index (χ1) is 16.3. The molecule has 1 heterocycles. The Morgan fingerprint density at radius 1 is 1.00 bits per heavy atom. The van der Waals surface area contributed by atoms with E-state index in [1.165, 1.54) is 7.11 Å². The van der Waals surface area contributed by atoms with Crippen molar-refractivity contribution in [3.8, 4) is 11.5 Å². The van der Waals surface area contributed by atoms with Gasteiger partial charge in [0.15, 0.2) is 11.5 Å². The second-order valence-electron chi connectivity index (χ2n) is 8.67. The van der Waals surface area contributed by atoms with Crippen molar-refractivity contribution in [2.24, 2.45) is 0 Å². The predicted molar refractivity (Wildman–Crippen MR) is 132 cm³/mol. The van der Waals surface area contributed by atoms with Gasteiger partial charge < -0.3 is 24.3 Å². The molecule has 34 heavy (non-hydrogen) atoms. The van der Waals surface area contributed by atoms with Gasteiger partial charge in [0, 0.05) is 30.6 Å². The van der Waals surface area contributed by atoms with Crippen LogP contribution in [0.25, 0.3) is 11.0 Å². The summed E-state index contributed by atoms with van der Waals surface area (Å²) in [5.41, 5.74) is 2.22. The largest absolute Gasteiger partial charge is 0.493 e. The molecule has 2 aromatic carbocycles. The minimum absolute atomic E-state index is 0.0452. The van der Waals surface area contributed by atoms with E-state index in [1.807, 2.05) is 61.4 Å². The van der Waals surface area contributed by atoms with Crippen molar-refractivity contribution in [2.45, 2.75) is 52.7 Å². The molecule has 0 aliphatic rings. The van der Waals surface area contributed by atoms with E-state index in [0.717, 1.165) is 16.9 Å². The van der Waals surface area contributed by atoms with Gasteiger partial charge in [-0.05, 0) is 58.0 Å². The van der Waals surface area contributed by atoms with E-state index in [1.54, 1.807) is 25.3 Å². The molecule has 3 rings (SSSR count). The summed E-state index contributed by atoms with van der Waals surface area (Å²) in [6, 6.07) is 13.0. The van der Waals surface area contributed by atoms with Crippen LogP contribution in [0.5, 0.6) is 11.5 Å². The number of fused-ring (bicyclic) bond motifs is 1. The van der Waals surface area contributed by atoms with Gasteiger partial charge in [0.2, 0.25) is 5.91 Å². The van der Waals surface area contributed by atoms with Crippen molar-refractivity contribution in [3.63, 3.8) is 0 Å². The number of rotatable bonds is 10. The number of methoxy groups -OCH3 is 2. The smallest absolute Gasteiger partial charge is 0.251 e. The Labute approximate surface area is 200 Å². The molecular formula is C26H34N4O4. The summed E-state index contributed by atoms with van der Waals surface area (Å²) in [6.07, 6.45) is 0.490. The fourth-order valence-electron chi connectivity index (χ4n) is 4.25. The number of hydrogen-bond donors (Lipinski definition) is 1. The lowest BCUT2D eigenvalue weighted by molar-refractivity contribution is -0.135. The summed E-state index contributed by atoms with van der Waals surface area (Å²) in [5.74, 6) is 1.65. The number of nitrogens with zero attached hydrogens (tertiary/aromatic N) is 3. The fourth-order valence-corrected chi connectivity index (χ4v) is 4.25. The maximum atomic E-state index is 13.2. The first kappa shape index (κ1) is 25.1. The Kier molecular flexibility index (Phi) is 8.15. The summed E-state index contributed by atoms with van der Waals surface area (Å²) >= 11 is 0. The third-order valence-electron chi connectivity index (χ3n) is 5.71. The van der Waals surface area contributed by atoms with Crippen molar-refractivity contribution >= 4 is 22.8 Å². The van der Waals surface area contributed by atoms with Crippen LogP contribution in [0, 0.1) is 0 Å². The van der Waals surface area contributed by atoms with Gasteiger partial charge in [-0.15, -0.1) is 0 Å². The molecular weight excluding hydrogens is 432 g/mol. The first-order valence-electron chi connectivity index (χ1n) is 11.5. The van der Waals surface area contributed by atoms with Crippen LogP contribution in [0.2, 0.25) is 0 Å². The van der Waals surface area contributed by atoms with Gasteiger partial charge >= 0.3 is 0 Å². The van der Waals surface area contributed by atoms with Crippen LogP contribution in [0.3, 0.4) is 0 Å². The lowest BCUT2D eigenvalue weighted by atomic mass is 10.2. The number of benzene rings is 2. The zero-order valence-electron chi connectivity index (χ0n) is 20.8. The number of imidazole rings is 1. The van der Waals surface area contributed by atoms with Crippen LogP contribution in [-0.2, 0) is 17.8 Å². The van der Waals surface area contributed by atoms with E-state index >= 15 is 0 Å². The second-order valence-corrected chi connectivity index (χ2v) is 8.67. The highest BCUT2D eigenvalue weighted by atomic mass is 16.5. The number of para-hydroxylation sites is 2. The molecule has 0 bridgehead atoms. The lowest BCUT2D eigenvalue weighted by Crippen LogP contribution is -2.43. The number of aromatic nitrogens is 2. The number of carbonyl (C=O) groups excluding carboxylic acids is 2. The highest BCUT2D eigenvalue weighted by Gasteiger charge is 2.22. The van der Waals surface area contributed by atoms with E-state index in [9.17, 15) is 9.59 Å². The molecule has 0 unspecified atom stereocenters. The van der Waals surface area contributed by atoms with E-state index < -0.39 is 0 Å². The zero-order valence-corrected chi connectivity index (χ0v) is 20.8. The van der Waals surface area contributed by atoms with Gasteiger partial charge in [-0.25, -0.2) is 4.98 Å². The van der Waals surface area contributed by atoms with E-state index in [0.29, 0.717) is 30.0 Å². The summed E-state index contributed by atoms with van der Waals surface area (Å²) in [6.45, 7) is 8.67. The van der Waals surface area contributed by atoms with Crippen molar-refractivity contribution < 1.29 is 19.1 Å². The van der Waals surface area contributed by atoms with Crippen LogP contribution >= 0.6 is 0 Å². The highest BCUT2D eigenvalue weighted by molar-refractivity contribution is 5.94. The predicted octanol–water partition coefficient (Wildman–Crippen LogP) is 3.67. The molecule has 0 aliphatic heterocycles. The maximum Gasteiger partial charge on any atom is 0.251 e. The van der Waals surface area contributed by atoms with Crippen molar-refractivity contribution in [1.29, 1.82) is 0 Å². The van der Waals surface area contributed by atoms with Crippen LogP contribution in [0.15, 0.2) is 42.5 Å². The molecule has 8 nitrogen and oxygen atoms in total. The summed E-state index contributed by atoms with van der Waals surface area (Å²) in [4.78, 5) is 32.5. The van der Waals surface area contributed by atoms with Crippen LogP contribution < -0.4 is 14.8 Å². The van der Waals surface area contributed by atoms with Crippen molar-refractivity contribution in [2.75, 3.05) is 20.8 Å². The zero-order chi connectivity index (χ0) is 24.8.